The van der Waals surface area contributed by atoms with Gasteiger partial charge >= 0.3 is 0 Å². The monoisotopic (exact) mass is 265 g/mol. The molecule has 0 radical (unpaired) electrons. The second-order valence-corrected chi connectivity index (χ2v) is 5.16. The van der Waals surface area contributed by atoms with Crippen molar-refractivity contribution in [2.24, 2.45) is 5.73 Å². The van der Waals surface area contributed by atoms with Gasteiger partial charge in [-0.15, -0.1) is 0 Å². The van der Waals surface area contributed by atoms with E-state index in [-0.39, 0.29) is 5.54 Å². The summed E-state index contributed by atoms with van der Waals surface area (Å²) in [6.07, 6.45) is 5.14. The maximum Gasteiger partial charge on any atom is 0.135 e. The molecule has 0 spiro atoms. The van der Waals surface area contributed by atoms with Gasteiger partial charge in [-0.3, -0.25) is 0 Å². The molecule has 3 heteroatoms. The van der Waals surface area contributed by atoms with Gasteiger partial charge in [-0.1, -0.05) is 6.07 Å². The molecule has 0 bridgehead atoms. The highest BCUT2D eigenvalue weighted by Crippen LogP contribution is 2.40. The SMILES string of the molecule is NC1(c2ccc3occ(Br)c3c2)CCC1. The molecule has 0 aliphatic heterocycles. The van der Waals surface area contributed by atoms with Crippen LogP contribution < -0.4 is 5.73 Å². The van der Waals surface area contributed by atoms with Crippen molar-refractivity contribution in [2.45, 2.75) is 24.8 Å². The Morgan fingerprint density at radius 1 is 1.33 bits per heavy atom. The fourth-order valence-corrected chi connectivity index (χ4v) is 2.56. The van der Waals surface area contributed by atoms with Gasteiger partial charge in [0.05, 0.1) is 4.47 Å². The van der Waals surface area contributed by atoms with Crippen molar-refractivity contribution < 1.29 is 4.42 Å². The number of hydrogen-bond acceptors (Lipinski definition) is 2. The average molecular weight is 266 g/mol. The van der Waals surface area contributed by atoms with E-state index >= 15 is 0 Å². The maximum atomic E-state index is 6.29. The summed E-state index contributed by atoms with van der Waals surface area (Å²) in [4.78, 5) is 0. The zero-order valence-corrected chi connectivity index (χ0v) is 9.88. The standard InChI is InChI=1S/C12H12BrNO/c13-10-7-15-11-3-2-8(6-9(10)11)12(14)4-1-5-12/h2-3,6-7H,1,4-5,14H2. The Hall–Kier alpha value is -0.800. The molecular weight excluding hydrogens is 254 g/mol. The predicted octanol–water partition coefficient (Wildman–Crippen LogP) is 3.53. The minimum absolute atomic E-state index is 0.0924. The highest BCUT2D eigenvalue weighted by Gasteiger charge is 2.34. The third-order valence-electron chi connectivity index (χ3n) is 3.35. The van der Waals surface area contributed by atoms with Crippen molar-refractivity contribution in [2.75, 3.05) is 0 Å². The second kappa shape index (κ2) is 3.09. The molecule has 0 unspecified atom stereocenters. The lowest BCUT2D eigenvalue weighted by Crippen LogP contribution is -2.43. The van der Waals surface area contributed by atoms with E-state index < -0.39 is 0 Å². The summed E-state index contributed by atoms with van der Waals surface area (Å²) in [5, 5.41) is 1.12. The molecule has 2 aromatic rings. The number of nitrogens with two attached hydrogens (primary N) is 1. The Bertz CT molecular complexity index is 513. The molecule has 15 heavy (non-hydrogen) atoms. The second-order valence-electron chi connectivity index (χ2n) is 4.30. The van der Waals surface area contributed by atoms with Gasteiger partial charge in [-0.05, 0) is 52.9 Å². The number of rotatable bonds is 1. The highest BCUT2D eigenvalue weighted by molar-refractivity contribution is 9.10. The van der Waals surface area contributed by atoms with Crippen LogP contribution >= 0.6 is 15.9 Å². The third-order valence-corrected chi connectivity index (χ3v) is 3.96. The van der Waals surface area contributed by atoms with Crippen LogP contribution in [0.4, 0.5) is 0 Å². The van der Waals surface area contributed by atoms with Crippen molar-refractivity contribution in [1.29, 1.82) is 0 Å². The van der Waals surface area contributed by atoms with Crippen LogP contribution in [0.25, 0.3) is 11.0 Å². The van der Waals surface area contributed by atoms with E-state index in [0.717, 1.165) is 28.3 Å². The highest BCUT2D eigenvalue weighted by atomic mass is 79.9. The summed E-state index contributed by atoms with van der Waals surface area (Å²) < 4.78 is 6.38. The largest absolute Gasteiger partial charge is 0.463 e. The zero-order chi connectivity index (χ0) is 10.5. The number of halogens is 1. The van der Waals surface area contributed by atoms with Crippen molar-refractivity contribution >= 4 is 26.9 Å². The summed E-state index contributed by atoms with van der Waals surface area (Å²) in [5.74, 6) is 0. The van der Waals surface area contributed by atoms with Gasteiger partial charge in [0.15, 0.2) is 0 Å². The van der Waals surface area contributed by atoms with E-state index in [1.165, 1.54) is 12.0 Å². The minimum Gasteiger partial charge on any atom is -0.463 e. The van der Waals surface area contributed by atoms with Crippen LogP contribution in [-0.2, 0) is 5.54 Å². The third kappa shape index (κ3) is 1.34. The Balaban J connectivity index is 2.16. The molecule has 1 aliphatic rings. The van der Waals surface area contributed by atoms with Gasteiger partial charge < -0.3 is 10.2 Å². The van der Waals surface area contributed by atoms with Crippen molar-refractivity contribution in [1.82, 2.24) is 0 Å². The van der Waals surface area contributed by atoms with Crippen LogP contribution in [0.2, 0.25) is 0 Å². The number of furan rings is 1. The van der Waals surface area contributed by atoms with Gasteiger partial charge in [0, 0.05) is 10.9 Å². The van der Waals surface area contributed by atoms with Crippen LogP contribution in [0.3, 0.4) is 0 Å². The lowest BCUT2D eigenvalue weighted by molar-refractivity contribution is 0.254. The van der Waals surface area contributed by atoms with Crippen molar-refractivity contribution in [3.63, 3.8) is 0 Å². The molecule has 1 aromatic heterocycles. The predicted molar refractivity (Wildman–Crippen MR) is 63.6 cm³/mol. The molecule has 78 valence electrons. The minimum atomic E-state index is -0.0924. The van der Waals surface area contributed by atoms with Crippen molar-refractivity contribution in [3.05, 3.63) is 34.5 Å². The first-order chi connectivity index (χ1) is 7.19. The van der Waals surface area contributed by atoms with Gasteiger partial charge in [0.1, 0.15) is 11.8 Å². The van der Waals surface area contributed by atoms with Crippen molar-refractivity contribution in [3.8, 4) is 0 Å². The Labute approximate surface area is 96.6 Å². The number of fused-ring (bicyclic) bond motifs is 1. The van der Waals surface area contributed by atoms with E-state index in [4.69, 9.17) is 10.2 Å². The Morgan fingerprint density at radius 2 is 2.13 bits per heavy atom. The van der Waals surface area contributed by atoms with Gasteiger partial charge in [-0.25, -0.2) is 0 Å². The first kappa shape index (κ1) is 9.43. The topological polar surface area (TPSA) is 39.2 Å². The van der Waals surface area contributed by atoms with E-state index in [9.17, 15) is 0 Å². The number of benzene rings is 1. The van der Waals surface area contributed by atoms with Crippen LogP contribution in [-0.4, -0.2) is 0 Å². The summed E-state index contributed by atoms with van der Waals surface area (Å²) in [6.45, 7) is 0. The molecule has 2 N–H and O–H groups in total. The molecule has 0 atom stereocenters. The van der Waals surface area contributed by atoms with Crippen LogP contribution in [0.5, 0.6) is 0 Å². The Kier molecular flexibility index (Phi) is 1.94. The molecule has 0 saturated heterocycles. The van der Waals surface area contributed by atoms with Gasteiger partial charge in [0.25, 0.3) is 0 Å². The molecule has 0 amide bonds. The summed E-state index contributed by atoms with van der Waals surface area (Å²) in [5.41, 5.74) is 8.33. The smallest absolute Gasteiger partial charge is 0.135 e. The molecular formula is C12H12BrNO. The molecule has 1 heterocycles. The summed E-state index contributed by atoms with van der Waals surface area (Å²) >= 11 is 3.47. The first-order valence-electron chi connectivity index (χ1n) is 5.15. The molecule has 3 rings (SSSR count). The lowest BCUT2D eigenvalue weighted by Gasteiger charge is -2.38. The zero-order valence-electron chi connectivity index (χ0n) is 8.29. The van der Waals surface area contributed by atoms with Gasteiger partial charge in [-0.2, -0.15) is 0 Å². The Morgan fingerprint density at radius 3 is 2.80 bits per heavy atom. The fourth-order valence-electron chi connectivity index (χ4n) is 2.15. The molecule has 1 aliphatic carbocycles. The quantitative estimate of drug-likeness (QED) is 0.857. The summed E-state index contributed by atoms with van der Waals surface area (Å²) in [6, 6.07) is 6.22. The van der Waals surface area contributed by atoms with E-state index in [1.54, 1.807) is 6.26 Å². The maximum absolute atomic E-state index is 6.29. The normalized spacial score (nSPS) is 19.1. The van der Waals surface area contributed by atoms with E-state index in [2.05, 4.69) is 28.1 Å². The molecule has 1 fully saturated rings. The first-order valence-corrected chi connectivity index (χ1v) is 5.94. The molecule has 1 aromatic carbocycles. The van der Waals surface area contributed by atoms with E-state index in [0.29, 0.717) is 0 Å². The van der Waals surface area contributed by atoms with Crippen LogP contribution in [0.1, 0.15) is 24.8 Å². The fraction of sp³-hybridized carbons (Fsp3) is 0.333. The van der Waals surface area contributed by atoms with Crippen LogP contribution in [0.15, 0.2) is 33.4 Å². The average Bonchev–Trinajstić information content (AvgIpc) is 2.57. The van der Waals surface area contributed by atoms with E-state index in [1.807, 2.05) is 6.07 Å². The summed E-state index contributed by atoms with van der Waals surface area (Å²) in [7, 11) is 0. The van der Waals surface area contributed by atoms with Gasteiger partial charge in [0.2, 0.25) is 0 Å². The van der Waals surface area contributed by atoms with Crippen LogP contribution in [0, 0.1) is 0 Å². The number of hydrogen-bond donors (Lipinski definition) is 1. The molecule has 1 saturated carbocycles. The molecule has 2 nitrogen and oxygen atoms in total. The lowest BCUT2D eigenvalue weighted by atomic mass is 9.72.